The number of fused-ring (bicyclic) bond motifs is 5. The number of aliphatic hydroxyl groups is 1. The number of carbonyl (C=O) groups is 1. The maximum atomic E-state index is 14.8. The van der Waals surface area contributed by atoms with Crippen molar-refractivity contribution in [2.24, 2.45) is 28.6 Å². The molecule has 0 aromatic rings. The molecule has 0 saturated heterocycles. The van der Waals surface area contributed by atoms with E-state index in [0.29, 0.717) is 24.0 Å². The minimum Gasteiger partial charge on any atom is -0.508 e. The van der Waals surface area contributed by atoms with Gasteiger partial charge in [0.1, 0.15) is 18.0 Å². The van der Waals surface area contributed by atoms with Crippen molar-refractivity contribution < 1.29 is 19.0 Å². The number of esters is 1. The monoisotopic (exact) mass is 346 g/mol. The Labute approximate surface area is 148 Å². The smallest absolute Gasteiger partial charge is 0.303 e. The van der Waals surface area contributed by atoms with Crippen LogP contribution in [0, 0.1) is 28.6 Å². The van der Waals surface area contributed by atoms with Crippen LogP contribution in [-0.4, -0.2) is 23.4 Å². The van der Waals surface area contributed by atoms with E-state index < -0.39 is 12.3 Å². The lowest BCUT2D eigenvalue weighted by molar-refractivity contribution is -0.159. The third-order valence-corrected chi connectivity index (χ3v) is 7.53. The molecule has 7 atom stereocenters. The van der Waals surface area contributed by atoms with E-state index in [1.165, 1.54) is 12.5 Å². The van der Waals surface area contributed by atoms with Gasteiger partial charge in [-0.25, -0.2) is 4.39 Å². The van der Waals surface area contributed by atoms with E-state index in [2.05, 4.69) is 26.0 Å². The first kappa shape index (κ1) is 16.9. The molecule has 0 aliphatic heterocycles. The highest BCUT2D eigenvalue weighted by atomic mass is 19.1. The molecule has 0 unspecified atom stereocenters. The van der Waals surface area contributed by atoms with Crippen molar-refractivity contribution in [1.29, 1.82) is 0 Å². The average molecular weight is 346 g/mol. The summed E-state index contributed by atoms with van der Waals surface area (Å²) in [5.41, 5.74) is 0.815. The average Bonchev–Trinajstić information content (AvgIpc) is 2.79. The lowest BCUT2D eigenvalue weighted by Crippen LogP contribution is -2.50. The summed E-state index contributed by atoms with van der Waals surface area (Å²) in [6.07, 6.45) is 9.60. The van der Waals surface area contributed by atoms with Gasteiger partial charge >= 0.3 is 5.97 Å². The van der Waals surface area contributed by atoms with Gasteiger partial charge in [0, 0.05) is 17.8 Å². The van der Waals surface area contributed by atoms with Gasteiger partial charge in [0.05, 0.1) is 0 Å². The van der Waals surface area contributed by atoms with E-state index in [1.54, 1.807) is 6.08 Å². The van der Waals surface area contributed by atoms with E-state index >= 15 is 0 Å². The van der Waals surface area contributed by atoms with E-state index in [-0.39, 0.29) is 22.7 Å². The van der Waals surface area contributed by atoms with Crippen LogP contribution in [0.25, 0.3) is 0 Å². The van der Waals surface area contributed by atoms with Crippen LogP contribution in [0.3, 0.4) is 0 Å². The maximum Gasteiger partial charge on any atom is 0.303 e. The summed E-state index contributed by atoms with van der Waals surface area (Å²) in [4.78, 5) is 11.5. The van der Waals surface area contributed by atoms with Crippen LogP contribution in [0.5, 0.6) is 0 Å². The molecule has 4 heteroatoms. The van der Waals surface area contributed by atoms with Gasteiger partial charge < -0.3 is 9.84 Å². The largest absolute Gasteiger partial charge is 0.508 e. The van der Waals surface area contributed by atoms with Crippen LogP contribution in [0.4, 0.5) is 4.39 Å². The summed E-state index contributed by atoms with van der Waals surface area (Å²) in [5, 5.41) is 9.84. The maximum absolute atomic E-state index is 14.8. The molecule has 25 heavy (non-hydrogen) atoms. The zero-order valence-corrected chi connectivity index (χ0v) is 15.2. The van der Waals surface area contributed by atoms with Gasteiger partial charge in [-0.3, -0.25) is 4.79 Å². The molecule has 1 N–H and O–H groups in total. The van der Waals surface area contributed by atoms with Gasteiger partial charge in [-0.1, -0.05) is 26.0 Å². The number of aliphatic hydroxyl groups excluding tert-OH is 1. The molecule has 0 spiro atoms. The molecule has 2 saturated carbocycles. The SMILES string of the molecule is CC(=O)O[C@H]1[C@H](F)C[C@H]2[C@@H]3CC=C4C=C(O)C=C[C@]4(C)[C@H]3CC[C@@]21C. The van der Waals surface area contributed by atoms with Crippen LogP contribution in [-0.2, 0) is 9.53 Å². The Morgan fingerprint density at radius 3 is 2.84 bits per heavy atom. The fourth-order valence-electron chi connectivity index (χ4n) is 6.27. The van der Waals surface area contributed by atoms with E-state index in [9.17, 15) is 14.3 Å². The number of rotatable bonds is 1. The van der Waals surface area contributed by atoms with Gasteiger partial charge in [-0.2, -0.15) is 0 Å². The minimum atomic E-state index is -1.07. The van der Waals surface area contributed by atoms with Gasteiger partial charge in [-0.05, 0) is 61.2 Å². The molecule has 0 bridgehead atoms. The Hall–Kier alpha value is -1.58. The third-order valence-electron chi connectivity index (χ3n) is 7.53. The number of carbonyl (C=O) groups excluding carboxylic acids is 1. The Kier molecular flexibility index (Phi) is 3.68. The topological polar surface area (TPSA) is 46.5 Å². The molecule has 136 valence electrons. The third kappa shape index (κ3) is 2.32. The Balaban J connectivity index is 1.68. The lowest BCUT2D eigenvalue weighted by atomic mass is 9.49. The zero-order chi connectivity index (χ0) is 18.0. The molecule has 0 radical (unpaired) electrons. The molecule has 0 aromatic carbocycles. The van der Waals surface area contributed by atoms with E-state index in [4.69, 9.17) is 4.74 Å². The number of halogens is 1. The second-order valence-corrected chi connectivity index (χ2v) is 8.78. The molecular formula is C21H27FO3. The Morgan fingerprint density at radius 2 is 2.12 bits per heavy atom. The van der Waals surface area contributed by atoms with Crippen molar-refractivity contribution in [3.05, 3.63) is 35.6 Å². The second-order valence-electron chi connectivity index (χ2n) is 8.78. The quantitative estimate of drug-likeness (QED) is 0.703. The normalized spacial score (nSPS) is 47.9. The fraction of sp³-hybridized carbons (Fsp3) is 0.667. The fourth-order valence-corrected chi connectivity index (χ4v) is 6.27. The molecule has 4 aliphatic rings. The van der Waals surface area contributed by atoms with Crippen LogP contribution >= 0.6 is 0 Å². The summed E-state index contributed by atoms with van der Waals surface area (Å²) in [7, 11) is 0. The van der Waals surface area contributed by atoms with E-state index in [1.807, 2.05) is 6.08 Å². The van der Waals surface area contributed by atoms with Crippen LogP contribution < -0.4 is 0 Å². The molecule has 0 heterocycles. The van der Waals surface area contributed by atoms with Gasteiger partial charge in [0.2, 0.25) is 0 Å². The molecular weight excluding hydrogens is 319 g/mol. The first-order valence-electron chi connectivity index (χ1n) is 9.37. The summed E-state index contributed by atoms with van der Waals surface area (Å²) >= 11 is 0. The number of hydrogen-bond donors (Lipinski definition) is 1. The van der Waals surface area contributed by atoms with E-state index in [0.717, 1.165) is 19.3 Å². The summed E-state index contributed by atoms with van der Waals surface area (Å²) in [5.74, 6) is 0.986. The van der Waals surface area contributed by atoms with Crippen molar-refractivity contribution in [2.45, 2.75) is 58.7 Å². The van der Waals surface area contributed by atoms with Crippen molar-refractivity contribution >= 4 is 5.97 Å². The first-order chi connectivity index (χ1) is 11.8. The van der Waals surface area contributed by atoms with Crippen LogP contribution in [0.2, 0.25) is 0 Å². The number of alkyl halides is 1. The molecule has 4 rings (SSSR count). The lowest BCUT2D eigenvalue weighted by Gasteiger charge is -2.55. The Morgan fingerprint density at radius 1 is 1.36 bits per heavy atom. The summed E-state index contributed by atoms with van der Waals surface area (Å²) < 4.78 is 20.2. The summed E-state index contributed by atoms with van der Waals surface area (Å²) in [6, 6.07) is 0. The summed E-state index contributed by atoms with van der Waals surface area (Å²) in [6.45, 7) is 5.73. The number of allylic oxidation sites excluding steroid dienone is 5. The van der Waals surface area contributed by atoms with Crippen molar-refractivity contribution in [2.75, 3.05) is 0 Å². The molecule has 3 nitrogen and oxygen atoms in total. The highest BCUT2D eigenvalue weighted by molar-refractivity contribution is 5.66. The van der Waals surface area contributed by atoms with Gasteiger partial charge in [-0.15, -0.1) is 0 Å². The number of ether oxygens (including phenoxy) is 1. The standard InChI is InChI=1S/C21H27FO3/c1-12(23)25-19-18(22)11-17-15-5-4-13-10-14(24)6-8-20(13,2)16(15)7-9-21(17,19)3/h4,6,8,10,15-19,24H,5,7,9,11H2,1-3H3/t15-,16+,17+,18-,19+,20+,21+/m1/s1. The predicted octanol–water partition coefficient (Wildman–Crippen LogP) is 4.66. The van der Waals surface area contributed by atoms with Gasteiger partial charge in [0.15, 0.2) is 0 Å². The zero-order valence-electron chi connectivity index (χ0n) is 15.2. The second kappa shape index (κ2) is 5.46. The molecule has 0 aromatic heterocycles. The highest BCUT2D eigenvalue weighted by Crippen LogP contribution is 2.64. The van der Waals surface area contributed by atoms with Crippen LogP contribution in [0.1, 0.15) is 46.5 Å². The molecule has 2 fully saturated rings. The minimum absolute atomic E-state index is 0.0954. The van der Waals surface area contributed by atoms with Crippen molar-refractivity contribution in [1.82, 2.24) is 0 Å². The first-order valence-corrected chi connectivity index (χ1v) is 9.37. The van der Waals surface area contributed by atoms with Crippen molar-refractivity contribution in [3.63, 3.8) is 0 Å². The number of hydrogen-bond acceptors (Lipinski definition) is 3. The van der Waals surface area contributed by atoms with Crippen LogP contribution in [0.15, 0.2) is 35.6 Å². The van der Waals surface area contributed by atoms with Crippen molar-refractivity contribution in [3.8, 4) is 0 Å². The molecule has 4 aliphatic carbocycles. The van der Waals surface area contributed by atoms with Gasteiger partial charge in [0.25, 0.3) is 0 Å². The predicted molar refractivity (Wildman–Crippen MR) is 93.5 cm³/mol. The molecule has 0 amide bonds. The Bertz CT molecular complexity index is 693. The highest BCUT2D eigenvalue weighted by Gasteiger charge is 2.62.